The first-order valence-electron chi connectivity index (χ1n) is 9.71. The summed E-state index contributed by atoms with van der Waals surface area (Å²) in [4.78, 5) is 6.82. The van der Waals surface area contributed by atoms with Gasteiger partial charge in [0.15, 0.2) is 11.6 Å². The minimum Gasteiger partial charge on any atom is -0.496 e. The Labute approximate surface area is 164 Å². The number of ether oxygens (including phenoxy) is 1. The molecule has 3 heterocycles. The molecule has 4 rings (SSSR count). The molecule has 1 saturated heterocycles. The summed E-state index contributed by atoms with van der Waals surface area (Å²) in [6.07, 6.45) is 1.94. The van der Waals surface area contributed by atoms with Crippen LogP contribution in [-0.2, 0) is 0 Å². The molecule has 0 atom stereocenters. The number of piperidine rings is 1. The molecular weight excluding hydrogens is 354 g/mol. The maximum Gasteiger partial charge on any atom is 0.229 e. The molecule has 0 spiro atoms. The van der Waals surface area contributed by atoms with Crippen molar-refractivity contribution in [1.82, 2.24) is 20.3 Å². The van der Waals surface area contributed by atoms with Crippen molar-refractivity contribution in [2.45, 2.75) is 38.5 Å². The highest BCUT2D eigenvalue weighted by Gasteiger charge is 2.26. The molecule has 3 aromatic rings. The van der Waals surface area contributed by atoms with Gasteiger partial charge in [0, 0.05) is 30.5 Å². The highest BCUT2D eigenvalue weighted by Crippen LogP contribution is 2.31. The van der Waals surface area contributed by atoms with E-state index in [0.29, 0.717) is 5.92 Å². The van der Waals surface area contributed by atoms with Crippen LogP contribution in [0, 0.1) is 0 Å². The van der Waals surface area contributed by atoms with Gasteiger partial charge in [0.25, 0.3) is 0 Å². The van der Waals surface area contributed by atoms with E-state index < -0.39 is 0 Å². The van der Waals surface area contributed by atoms with Crippen molar-refractivity contribution in [3.63, 3.8) is 0 Å². The molecule has 0 unspecified atom stereocenters. The zero-order valence-corrected chi connectivity index (χ0v) is 16.5. The number of benzene rings is 1. The smallest absolute Gasteiger partial charge is 0.229 e. The third kappa shape index (κ3) is 3.69. The van der Waals surface area contributed by atoms with Crippen LogP contribution < -0.4 is 9.64 Å². The van der Waals surface area contributed by atoms with Crippen LogP contribution in [-0.4, -0.2) is 40.5 Å². The summed E-state index contributed by atoms with van der Waals surface area (Å²) < 4.78 is 10.9. The van der Waals surface area contributed by atoms with E-state index in [1.807, 2.05) is 36.4 Å². The Morgan fingerprint density at radius 3 is 2.50 bits per heavy atom. The van der Waals surface area contributed by atoms with E-state index >= 15 is 0 Å². The first kappa shape index (κ1) is 18.4. The van der Waals surface area contributed by atoms with Crippen molar-refractivity contribution in [3.8, 4) is 17.0 Å². The molecule has 7 heteroatoms. The van der Waals surface area contributed by atoms with Gasteiger partial charge in [-0.05, 0) is 37.1 Å². The normalized spacial score (nSPS) is 15.2. The topological polar surface area (TPSA) is 77.2 Å². The standard InChI is InChI=1S/C21H25N5O2/c1-14(2)20-22-21(28-25-20)15-10-12-26(13-11-15)19-9-8-17(23-24-19)16-6-4-5-7-18(16)27-3/h4-9,14-15H,10-13H2,1-3H3. The SMILES string of the molecule is COc1ccccc1-c1ccc(N2CCC(c3nc(C(C)C)no3)CC2)nn1. The summed E-state index contributed by atoms with van der Waals surface area (Å²) in [5.74, 6) is 3.85. The molecule has 2 aromatic heterocycles. The first-order valence-corrected chi connectivity index (χ1v) is 9.71. The van der Waals surface area contributed by atoms with Gasteiger partial charge in [-0.3, -0.25) is 0 Å². The summed E-state index contributed by atoms with van der Waals surface area (Å²) in [5.41, 5.74) is 1.75. The Morgan fingerprint density at radius 2 is 1.86 bits per heavy atom. The van der Waals surface area contributed by atoms with Gasteiger partial charge in [-0.2, -0.15) is 4.98 Å². The molecule has 1 aromatic carbocycles. The zero-order valence-electron chi connectivity index (χ0n) is 16.5. The predicted molar refractivity (Wildman–Crippen MR) is 107 cm³/mol. The largest absolute Gasteiger partial charge is 0.496 e. The highest BCUT2D eigenvalue weighted by atomic mass is 16.5. The number of para-hydroxylation sites is 1. The van der Waals surface area contributed by atoms with E-state index in [1.54, 1.807) is 7.11 Å². The summed E-state index contributed by atoms with van der Waals surface area (Å²) in [7, 11) is 1.66. The van der Waals surface area contributed by atoms with Crippen LogP contribution in [0.4, 0.5) is 5.82 Å². The molecule has 0 bridgehead atoms. The van der Waals surface area contributed by atoms with Gasteiger partial charge in [0.05, 0.1) is 12.8 Å². The van der Waals surface area contributed by atoms with Gasteiger partial charge in [-0.25, -0.2) is 0 Å². The number of rotatable bonds is 5. The molecule has 7 nitrogen and oxygen atoms in total. The average Bonchev–Trinajstić information content (AvgIpc) is 3.25. The van der Waals surface area contributed by atoms with Crippen LogP contribution in [0.25, 0.3) is 11.3 Å². The van der Waals surface area contributed by atoms with Crippen LogP contribution in [0.3, 0.4) is 0 Å². The van der Waals surface area contributed by atoms with Gasteiger partial charge in [-0.15, -0.1) is 10.2 Å². The maximum absolute atomic E-state index is 5.47. The van der Waals surface area contributed by atoms with Crippen molar-refractivity contribution in [1.29, 1.82) is 0 Å². The fraction of sp³-hybridized carbons (Fsp3) is 0.429. The second kappa shape index (κ2) is 7.96. The number of hydrogen-bond donors (Lipinski definition) is 0. The van der Waals surface area contributed by atoms with Gasteiger partial charge >= 0.3 is 0 Å². The van der Waals surface area contributed by atoms with E-state index in [-0.39, 0.29) is 5.92 Å². The van der Waals surface area contributed by atoms with E-state index in [0.717, 1.165) is 60.5 Å². The Bertz CT molecular complexity index is 915. The molecule has 0 amide bonds. The van der Waals surface area contributed by atoms with Crippen molar-refractivity contribution in [3.05, 3.63) is 48.1 Å². The van der Waals surface area contributed by atoms with Gasteiger partial charge in [0.2, 0.25) is 5.89 Å². The quantitative estimate of drug-likeness (QED) is 0.662. The van der Waals surface area contributed by atoms with Crippen molar-refractivity contribution in [2.24, 2.45) is 0 Å². The Morgan fingerprint density at radius 1 is 1.07 bits per heavy atom. The number of hydrogen-bond acceptors (Lipinski definition) is 7. The molecule has 146 valence electrons. The fourth-order valence-corrected chi connectivity index (χ4v) is 3.50. The van der Waals surface area contributed by atoms with Gasteiger partial charge < -0.3 is 14.2 Å². The van der Waals surface area contributed by atoms with Crippen LogP contribution in [0.1, 0.15) is 50.2 Å². The van der Waals surface area contributed by atoms with Crippen molar-refractivity contribution < 1.29 is 9.26 Å². The lowest BCUT2D eigenvalue weighted by Crippen LogP contribution is -2.33. The van der Waals surface area contributed by atoms with Crippen LogP contribution in [0.15, 0.2) is 40.9 Å². The second-order valence-corrected chi connectivity index (χ2v) is 7.38. The number of nitrogens with zero attached hydrogens (tertiary/aromatic N) is 5. The average molecular weight is 379 g/mol. The van der Waals surface area contributed by atoms with Crippen LogP contribution >= 0.6 is 0 Å². The van der Waals surface area contributed by atoms with Crippen molar-refractivity contribution >= 4 is 5.82 Å². The first-order chi connectivity index (χ1) is 13.7. The molecular formula is C21H25N5O2. The number of aromatic nitrogens is 4. The lowest BCUT2D eigenvalue weighted by Gasteiger charge is -2.30. The third-order valence-electron chi connectivity index (χ3n) is 5.18. The summed E-state index contributed by atoms with van der Waals surface area (Å²) in [5, 5.41) is 13.0. The molecule has 0 radical (unpaired) electrons. The number of methoxy groups -OCH3 is 1. The monoisotopic (exact) mass is 379 g/mol. The Hall–Kier alpha value is -2.96. The molecule has 1 fully saturated rings. The summed E-state index contributed by atoms with van der Waals surface area (Å²) in [6, 6.07) is 11.9. The summed E-state index contributed by atoms with van der Waals surface area (Å²) in [6.45, 7) is 5.94. The maximum atomic E-state index is 5.47. The van der Waals surface area contributed by atoms with E-state index in [2.05, 4.69) is 39.1 Å². The van der Waals surface area contributed by atoms with Crippen molar-refractivity contribution in [2.75, 3.05) is 25.1 Å². The van der Waals surface area contributed by atoms with E-state index in [9.17, 15) is 0 Å². The molecule has 0 N–H and O–H groups in total. The highest BCUT2D eigenvalue weighted by molar-refractivity contribution is 5.67. The molecule has 1 aliphatic rings. The number of anilines is 1. The Kier molecular flexibility index (Phi) is 5.23. The zero-order chi connectivity index (χ0) is 19.5. The lowest BCUT2D eigenvalue weighted by atomic mass is 9.96. The minimum absolute atomic E-state index is 0.287. The van der Waals surface area contributed by atoms with E-state index in [1.165, 1.54) is 0 Å². The molecule has 0 aliphatic carbocycles. The third-order valence-corrected chi connectivity index (χ3v) is 5.18. The van der Waals surface area contributed by atoms with Crippen LogP contribution in [0.2, 0.25) is 0 Å². The predicted octanol–water partition coefficient (Wildman–Crippen LogP) is 4.04. The Balaban J connectivity index is 1.42. The van der Waals surface area contributed by atoms with Gasteiger partial charge in [0.1, 0.15) is 5.75 Å². The lowest BCUT2D eigenvalue weighted by molar-refractivity contribution is 0.325. The fourth-order valence-electron chi connectivity index (χ4n) is 3.50. The molecule has 0 saturated carbocycles. The molecule has 28 heavy (non-hydrogen) atoms. The summed E-state index contributed by atoms with van der Waals surface area (Å²) >= 11 is 0. The van der Waals surface area contributed by atoms with Gasteiger partial charge in [-0.1, -0.05) is 31.1 Å². The van der Waals surface area contributed by atoms with E-state index in [4.69, 9.17) is 9.26 Å². The minimum atomic E-state index is 0.287. The second-order valence-electron chi connectivity index (χ2n) is 7.38. The van der Waals surface area contributed by atoms with Crippen LogP contribution in [0.5, 0.6) is 5.75 Å². The molecule has 1 aliphatic heterocycles.